The molecule has 0 radical (unpaired) electrons. The minimum Gasteiger partial charge on any atom is -0.375 e. The Balaban J connectivity index is 1.40. The normalized spacial score (nSPS) is 11.0. The van der Waals surface area contributed by atoms with Gasteiger partial charge in [0.2, 0.25) is 5.91 Å². The van der Waals surface area contributed by atoms with Crippen molar-refractivity contribution in [2.75, 3.05) is 18.9 Å². The Hall–Kier alpha value is -2.45. The minimum absolute atomic E-state index is 0.00473. The zero-order valence-electron chi connectivity index (χ0n) is 13.3. The molecule has 7 nitrogen and oxygen atoms in total. The Bertz CT molecular complexity index is 842. The van der Waals surface area contributed by atoms with Gasteiger partial charge in [0.05, 0.1) is 16.7 Å². The van der Waals surface area contributed by atoms with Gasteiger partial charge in [-0.25, -0.2) is 9.97 Å². The lowest BCUT2D eigenvalue weighted by Gasteiger charge is -2.04. The second-order valence-corrected chi connectivity index (χ2v) is 6.31. The molecule has 1 aromatic carbocycles. The number of carbonyl (C=O) groups excluding carboxylic acids is 1. The van der Waals surface area contributed by atoms with Crippen molar-refractivity contribution in [3.8, 4) is 0 Å². The lowest BCUT2D eigenvalue weighted by atomic mass is 10.2. The van der Waals surface area contributed by atoms with E-state index in [2.05, 4.69) is 20.3 Å². The Morgan fingerprint density at radius 3 is 3.04 bits per heavy atom. The van der Waals surface area contributed by atoms with E-state index in [0.717, 1.165) is 22.3 Å². The summed E-state index contributed by atoms with van der Waals surface area (Å²) in [5.41, 5.74) is 9.46. The summed E-state index contributed by atoms with van der Waals surface area (Å²) in [6, 6.07) is 5.96. The average molecular weight is 345 g/mol. The Morgan fingerprint density at radius 2 is 2.29 bits per heavy atom. The number of hydrogen-bond acceptors (Lipinski definition) is 6. The molecule has 3 aromatic rings. The molecule has 0 aliphatic rings. The van der Waals surface area contributed by atoms with E-state index in [1.165, 1.54) is 11.3 Å². The second-order valence-electron chi connectivity index (χ2n) is 5.42. The largest absolute Gasteiger partial charge is 0.375 e. The summed E-state index contributed by atoms with van der Waals surface area (Å²) in [6.07, 6.45) is 0.655. The highest BCUT2D eigenvalue weighted by Gasteiger charge is 2.07. The number of aromatic nitrogens is 3. The molecule has 8 heteroatoms. The number of anilines is 1. The Kier molecular flexibility index (Phi) is 5.07. The summed E-state index contributed by atoms with van der Waals surface area (Å²) in [6.45, 7) is 2.78. The zero-order chi connectivity index (χ0) is 16.9. The first-order valence-electron chi connectivity index (χ1n) is 7.60. The molecule has 2 aromatic heterocycles. The molecule has 0 aliphatic carbocycles. The molecule has 4 N–H and O–H groups in total. The number of aromatic amines is 1. The molecule has 0 saturated carbocycles. The molecule has 0 bridgehead atoms. The third-order valence-electron chi connectivity index (χ3n) is 3.51. The van der Waals surface area contributed by atoms with Crippen LogP contribution in [0.1, 0.15) is 17.1 Å². The number of benzene rings is 1. The molecule has 0 unspecified atom stereocenters. The van der Waals surface area contributed by atoms with Gasteiger partial charge in [0, 0.05) is 18.3 Å². The van der Waals surface area contributed by atoms with Crippen molar-refractivity contribution in [3.63, 3.8) is 0 Å². The van der Waals surface area contributed by atoms with Crippen molar-refractivity contribution in [1.82, 2.24) is 20.3 Å². The maximum atomic E-state index is 11.7. The van der Waals surface area contributed by atoms with Gasteiger partial charge in [-0.15, -0.1) is 11.3 Å². The third-order valence-corrected chi connectivity index (χ3v) is 4.23. The summed E-state index contributed by atoms with van der Waals surface area (Å²) in [5, 5.41) is 5.22. The number of para-hydroxylation sites is 1. The number of nitrogens with two attached hydrogens (primary N) is 1. The van der Waals surface area contributed by atoms with E-state index in [-0.39, 0.29) is 19.1 Å². The number of nitrogens with one attached hydrogen (secondary N) is 2. The fourth-order valence-electron chi connectivity index (χ4n) is 2.35. The standard InChI is InChI=1S/C16H19N5O2S/c1-10-3-2-4-12-15(10)21-13(20-12)7-23-8-14(22)18-6-5-11-9-24-16(17)19-11/h2-4,9H,5-8H2,1H3,(H2,17,19)(H,18,22)(H,20,21). The lowest BCUT2D eigenvalue weighted by Crippen LogP contribution is -2.29. The summed E-state index contributed by atoms with van der Waals surface area (Å²) in [7, 11) is 0. The number of carbonyl (C=O) groups is 1. The van der Waals surface area contributed by atoms with Gasteiger partial charge >= 0.3 is 0 Å². The number of hydrogen-bond donors (Lipinski definition) is 3. The number of ether oxygens (including phenoxy) is 1. The van der Waals surface area contributed by atoms with Gasteiger partial charge in [0.1, 0.15) is 19.0 Å². The molecular weight excluding hydrogens is 326 g/mol. The van der Waals surface area contributed by atoms with Crippen LogP contribution in [0.3, 0.4) is 0 Å². The molecule has 3 rings (SSSR count). The first-order chi connectivity index (χ1) is 11.6. The number of imidazole rings is 1. The average Bonchev–Trinajstić information content (AvgIpc) is 3.14. The highest BCUT2D eigenvalue weighted by Crippen LogP contribution is 2.15. The maximum Gasteiger partial charge on any atom is 0.246 e. The smallest absolute Gasteiger partial charge is 0.246 e. The van der Waals surface area contributed by atoms with E-state index in [9.17, 15) is 4.79 Å². The topological polar surface area (TPSA) is 106 Å². The van der Waals surface area contributed by atoms with E-state index >= 15 is 0 Å². The molecule has 24 heavy (non-hydrogen) atoms. The number of fused-ring (bicyclic) bond motifs is 1. The van der Waals surface area contributed by atoms with Gasteiger partial charge in [-0.1, -0.05) is 12.1 Å². The zero-order valence-corrected chi connectivity index (χ0v) is 14.2. The van der Waals surface area contributed by atoms with E-state index in [1.54, 1.807) is 0 Å². The predicted octanol–water partition coefficient (Wildman–Crippen LogP) is 1.79. The van der Waals surface area contributed by atoms with Crippen molar-refractivity contribution in [2.24, 2.45) is 0 Å². The number of thiazole rings is 1. The number of rotatable bonds is 7. The molecule has 1 amide bonds. The Morgan fingerprint density at radius 1 is 1.42 bits per heavy atom. The van der Waals surface area contributed by atoms with Crippen molar-refractivity contribution in [2.45, 2.75) is 20.0 Å². The molecule has 2 heterocycles. The number of H-pyrrole nitrogens is 1. The van der Waals surface area contributed by atoms with E-state index in [4.69, 9.17) is 10.5 Å². The van der Waals surface area contributed by atoms with Crippen LogP contribution in [0, 0.1) is 6.92 Å². The van der Waals surface area contributed by atoms with Gasteiger partial charge < -0.3 is 20.8 Å². The summed E-state index contributed by atoms with van der Waals surface area (Å²) in [4.78, 5) is 23.6. The first-order valence-corrected chi connectivity index (χ1v) is 8.48. The highest BCUT2D eigenvalue weighted by molar-refractivity contribution is 7.13. The van der Waals surface area contributed by atoms with Crippen molar-refractivity contribution < 1.29 is 9.53 Å². The fourth-order valence-corrected chi connectivity index (χ4v) is 2.95. The summed E-state index contributed by atoms with van der Waals surface area (Å²) >= 11 is 1.40. The monoisotopic (exact) mass is 345 g/mol. The minimum atomic E-state index is -0.162. The molecule has 0 fully saturated rings. The van der Waals surface area contributed by atoms with Gasteiger partial charge in [0.25, 0.3) is 0 Å². The van der Waals surface area contributed by atoms with Crippen LogP contribution in [-0.4, -0.2) is 34.0 Å². The lowest BCUT2D eigenvalue weighted by molar-refractivity contribution is -0.126. The van der Waals surface area contributed by atoms with Crippen molar-refractivity contribution >= 4 is 33.4 Å². The second kappa shape index (κ2) is 7.41. The van der Waals surface area contributed by atoms with Gasteiger partial charge in [-0.2, -0.15) is 0 Å². The van der Waals surface area contributed by atoms with Gasteiger partial charge in [-0.05, 0) is 18.6 Å². The van der Waals surface area contributed by atoms with Crippen molar-refractivity contribution in [3.05, 3.63) is 40.7 Å². The predicted molar refractivity (Wildman–Crippen MR) is 93.7 cm³/mol. The van der Waals surface area contributed by atoms with E-state index in [1.807, 2.05) is 30.5 Å². The molecule has 0 spiro atoms. The van der Waals surface area contributed by atoms with Crippen LogP contribution in [0.25, 0.3) is 11.0 Å². The number of nitrogen functional groups attached to an aromatic ring is 1. The van der Waals surface area contributed by atoms with Crippen LogP contribution >= 0.6 is 11.3 Å². The molecule has 0 atom stereocenters. The SMILES string of the molecule is Cc1cccc2[nH]c(COCC(=O)NCCc3csc(N)n3)nc12. The van der Waals surface area contributed by atoms with Gasteiger partial charge in [-0.3, -0.25) is 4.79 Å². The first kappa shape index (κ1) is 16.4. The van der Waals surface area contributed by atoms with Crippen LogP contribution in [0.4, 0.5) is 5.13 Å². The number of aryl methyl sites for hydroxylation is 1. The third kappa shape index (κ3) is 4.09. The fraction of sp³-hybridized carbons (Fsp3) is 0.312. The van der Waals surface area contributed by atoms with Crippen LogP contribution in [0.2, 0.25) is 0 Å². The quantitative estimate of drug-likeness (QED) is 0.605. The highest BCUT2D eigenvalue weighted by atomic mass is 32.1. The Labute approximate surface area is 143 Å². The summed E-state index contributed by atoms with van der Waals surface area (Å²) < 4.78 is 5.42. The van der Waals surface area contributed by atoms with Crippen LogP contribution < -0.4 is 11.1 Å². The number of amides is 1. The van der Waals surface area contributed by atoms with E-state index in [0.29, 0.717) is 23.9 Å². The number of nitrogens with zero attached hydrogens (tertiary/aromatic N) is 2. The molecule has 0 saturated heterocycles. The molecular formula is C16H19N5O2S. The van der Waals surface area contributed by atoms with Crippen molar-refractivity contribution in [1.29, 1.82) is 0 Å². The van der Waals surface area contributed by atoms with Crippen LogP contribution in [-0.2, 0) is 22.6 Å². The van der Waals surface area contributed by atoms with Gasteiger partial charge in [0.15, 0.2) is 5.13 Å². The molecule has 126 valence electrons. The summed E-state index contributed by atoms with van der Waals surface area (Å²) in [5.74, 6) is 0.551. The van der Waals surface area contributed by atoms with Crippen LogP contribution in [0.5, 0.6) is 0 Å². The van der Waals surface area contributed by atoms with Crippen LogP contribution in [0.15, 0.2) is 23.6 Å². The van der Waals surface area contributed by atoms with E-state index < -0.39 is 0 Å². The maximum absolute atomic E-state index is 11.7. The molecule has 0 aliphatic heterocycles.